The zero-order valence-electron chi connectivity index (χ0n) is 8.32. The van der Waals surface area contributed by atoms with Crippen molar-refractivity contribution in [3.05, 3.63) is 29.8 Å². The van der Waals surface area contributed by atoms with Crippen LogP contribution in [0.3, 0.4) is 0 Å². The molecule has 0 saturated heterocycles. The van der Waals surface area contributed by atoms with E-state index in [2.05, 4.69) is 4.99 Å². The van der Waals surface area contributed by atoms with Crippen molar-refractivity contribution < 1.29 is 9.90 Å². The number of nitrogens with zero attached hydrogens (tertiary/aromatic N) is 1. The zero-order chi connectivity index (χ0) is 10.6. The van der Waals surface area contributed by atoms with E-state index >= 15 is 0 Å². The summed E-state index contributed by atoms with van der Waals surface area (Å²) in [4.78, 5) is 14.8. The highest BCUT2D eigenvalue weighted by atomic mass is 16.4. The van der Waals surface area contributed by atoms with Crippen molar-refractivity contribution in [1.29, 1.82) is 0 Å². The van der Waals surface area contributed by atoms with Crippen LogP contribution in [0.2, 0.25) is 0 Å². The summed E-state index contributed by atoms with van der Waals surface area (Å²) >= 11 is 0. The van der Waals surface area contributed by atoms with Crippen molar-refractivity contribution in [2.45, 2.75) is 20.3 Å². The largest absolute Gasteiger partial charge is 0.481 e. The quantitative estimate of drug-likeness (QED) is 0.746. The molecule has 0 unspecified atom stereocenters. The Morgan fingerprint density at radius 1 is 1.36 bits per heavy atom. The summed E-state index contributed by atoms with van der Waals surface area (Å²) in [7, 11) is 0. The molecule has 0 amide bonds. The van der Waals surface area contributed by atoms with Crippen molar-refractivity contribution in [1.82, 2.24) is 0 Å². The van der Waals surface area contributed by atoms with Gasteiger partial charge in [0.2, 0.25) is 0 Å². The van der Waals surface area contributed by atoms with Crippen LogP contribution in [0.5, 0.6) is 0 Å². The molecular weight excluding hydrogens is 178 g/mol. The molecule has 0 heterocycles. The van der Waals surface area contributed by atoms with Gasteiger partial charge < -0.3 is 5.11 Å². The lowest BCUT2D eigenvalue weighted by atomic mass is 10.1. The van der Waals surface area contributed by atoms with Crippen LogP contribution < -0.4 is 0 Å². The number of para-hydroxylation sites is 1. The number of aliphatic imine (C=N–C) groups is 1. The van der Waals surface area contributed by atoms with E-state index in [4.69, 9.17) is 5.11 Å². The molecule has 0 atom stereocenters. The Kier molecular flexibility index (Phi) is 3.40. The highest BCUT2D eigenvalue weighted by Gasteiger charge is 2.04. The van der Waals surface area contributed by atoms with E-state index in [1.54, 1.807) is 6.07 Å². The minimum Gasteiger partial charge on any atom is -0.481 e. The first-order chi connectivity index (χ1) is 6.59. The number of benzene rings is 1. The number of hydrogen-bond acceptors (Lipinski definition) is 2. The summed E-state index contributed by atoms with van der Waals surface area (Å²) in [5.74, 6) is -0.832. The fourth-order valence-corrected chi connectivity index (χ4v) is 1.17. The van der Waals surface area contributed by atoms with E-state index in [1.807, 2.05) is 32.0 Å². The van der Waals surface area contributed by atoms with Crippen LogP contribution in [0.1, 0.15) is 19.4 Å². The third-order valence-electron chi connectivity index (χ3n) is 1.68. The maximum atomic E-state index is 10.6. The molecule has 1 aromatic carbocycles. The third kappa shape index (κ3) is 3.01. The molecule has 74 valence electrons. The number of carboxylic acids is 1. The van der Waals surface area contributed by atoms with E-state index in [1.165, 1.54) is 0 Å². The summed E-state index contributed by atoms with van der Waals surface area (Å²) in [5, 5.41) is 8.68. The van der Waals surface area contributed by atoms with Gasteiger partial charge in [-0.25, -0.2) is 0 Å². The Bertz CT molecular complexity index is 365. The Morgan fingerprint density at radius 2 is 2.00 bits per heavy atom. The van der Waals surface area contributed by atoms with Crippen molar-refractivity contribution in [3.63, 3.8) is 0 Å². The molecule has 3 nitrogen and oxygen atoms in total. The second-order valence-corrected chi connectivity index (χ2v) is 3.26. The number of rotatable bonds is 3. The van der Waals surface area contributed by atoms with Gasteiger partial charge in [0.1, 0.15) is 0 Å². The summed E-state index contributed by atoms with van der Waals surface area (Å²) < 4.78 is 0. The molecule has 0 radical (unpaired) electrons. The molecular formula is C11H13NO2. The van der Waals surface area contributed by atoms with E-state index in [0.717, 1.165) is 17.0 Å². The molecule has 0 aromatic heterocycles. The third-order valence-corrected chi connectivity index (χ3v) is 1.68. The molecule has 0 saturated carbocycles. The van der Waals surface area contributed by atoms with Gasteiger partial charge in [-0.3, -0.25) is 9.79 Å². The summed E-state index contributed by atoms with van der Waals surface area (Å²) in [5.41, 5.74) is 2.42. The Labute approximate surface area is 83.1 Å². The summed E-state index contributed by atoms with van der Waals surface area (Å²) in [6, 6.07) is 7.29. The molecule has 0 spiro atoms. The smallest absolute Gasteiger partial charge is 0.307 e. The minimum absolute atomic E-state index is 0.0208. The zero-order valence-corrected chi connectivity index (χ0v) is 8.32. The number of carboxylic acid groups (broad SMARTS) is 1. The van der Waals surface area contributed by atoms with Gasteiger partial charge in [-0.15, -0.1) is 0 Å². The SMILES string of the molecule is CC(C)=Nc1ccccc1CC(=O)O. The van der Waals surface area contributed by atoms with Crippen LogP contribution in [0.15, 0.2) is 29.3 Å². The van der Waals surface area contributed by atoms with Crippen molar-refractivity contribution in [2.75, 3.05) is 0 Å². The van der Waals surface area contributed by atoms with Crippen LogP contribution in [0.4, 0.5) is 5.69 Å². The van der Waals surface area contributed by atoms with Crippen molar-refractivity contribution >= 4 is 17.4 Å². The first-order valence-corrected chi connectivity index (χ1v) is 4.41. The van der Waals surface area contributed by atoms with Gasteiger partial charge in [-0.2, -0.15) is 0 Å². The fraction of sp³-hybridized carbons (Fsp3) is 0.273. The summed E-state index contributed by atoms with van der Waals surface area (Å²) in [6.07, 6.45) is 0.0208. The lowest BCUT2D eigenvalue weighted by molar-refractivity contribution is -0.136. The number of hydrogen-bond donors (Lipinski definition) is 1. The van der Waals surface area contributed by atoms with Crippen LogP contribution in [0, 0.1) is 0 Å². The fourth-order valence-electron chi connectivity index (χ4n) is 1.17. The second kappa shape index (κ2) is 4.56. The predicted molar refractivity (Wildman–Crippen MR) is 56.2 cm³/mol. The Balaban J connectivity index is 3.03. The van der Waals surface area contributed by atoms with E-state index in [9.17, 15) is 4.79 Å². The molecule has 1 rings (SSSR count). The standard InChI is InChI=1S/C11H13NO2/c1-8(2)12-10-6-4-3-5-9(10)7-11(13)14/h3-6H,7H2,1-2H3,(H,13,14). The Morgan fingerprint density at radius 3 is 2.57 bits per heavy atom. The van der Waals surface area contributed by atoms with Crippen LogP contribution in [-0.4, -0.2) is 16.8 Å². The maximum Gasteiger partial charge on any atom is 0.307 e. The van der Waals surface area contributed by atoms with Gasteiger partial charge in [0.05, 0.1) is 12.1 Å². The number of aliphatic carboxylic acids is 1. The molecule has 0 aliphatic heterocycles. The topological polar surface area (TPSA) is 49.7 Å². The lowest BCUT2D eigenvalue weighted by Crippen LogP contribution is -2.00. The average molecular weight is 191 g/mol. The molecule has 1 N–H and O–H groups in total. The van der Waals surface area contributed by atoms with E-state index in [-0.39, 0.29) is 6.42 Å². The van der Waals surface area contributed by atoms with Gasteiger partial charge in [0.15, 0.2) is 0 Å². The molecule has 0 fully saturated rings. The molecule has 0 bridgehead atoms. The summed E-state index contributed by atoms with van der Waals surface area (Å²) in [6.45, 7) is 3.77. The van der Waals surface area contributed by atoms with Crippen molar-refractivity contribution in [2.24, 2.45) is 4.99 Å². The van der Waals surface area contributed by atoms with Gasteiger partial charge in [0, 0.05) is 5.71 Å². The minimum atomic E-state index is -0.832. The van der Waals surface area contributed by atoms with E-state index < -0.39 is 5.97 Å². The highest BCUT2D eigenvalue weighted by Crippen LogP contribution is 2.19. The monoisotopic (exact) mass is 191 g/mol. The second-order valence-electron chi connectivity index (χ2n) is 3.26. The predicted octanol–water partition coefficient (Wildman–Crippen LogP) is 2.43. The highest BCUT2D eigenvalue weighted by molar-refractivity contribution is 5.83. The molecule has 0 aliphatic rings. The number of carbonyl (C=O) groups is 1. The molecule has 0 aliphatic carbocycles. The average Bonchev–Trinajstić information content (AvgIpc) is 2.06. The van der Waals surface area contributed by atoms with Gasteiger partial charge in [-0.1, -0.05) is 18.2 Å². The molecule has 14 heavy (non-hydrogen) atoms. The van der Waals surface area contributed by atoms with Crippen LogP contribution in [-0.2, 0) is 11.2 Å². The Hall–Kier alpha value is -1.64. The lowest BCUT2D eigenvalue weighted by Gasteiger charge is -2.02. The molecule has 1 aromatic rings. The van der Waals surface area contributed by atoms with E-state index in [0.29, 0.717) is 0 Å². The first kappa shape index (κ1) is 10.4. The normalized spacial score (nSPS) is 9.57. The van der Waals surface area contributed by atoms with Gasteiger partial charge in [-0.05, 0) is 25.5 Å². The maximum absolute atomic E-state index is 10.6. The van der Waals surface area contributed by atoms with Gasteiger partial charge >= 0.3 is 5.97 Å². The van der Waals surface area contributed by atoms with Crippen LogP contribution >= 0.6 is 0 Å². The molecule has 3 heteroatoms. The van der Waals surface area contributed by atoms with Crippen LogP contribution in [0.25, 0.3) is 0 Å². The first-order valence-electron chi connectivity index (χ1n) is 4.41. The van der Waals surface area contributed by atoms with Crippen molar-refractivity contribution in [3.8, 4) is 0 Å². The van der Waals surface area contributed by atoms with Gasteiger partial charge in [0.25, 0.3) is 0 Å².